The normalized spacial score (nSPS) is 11.3. The molecule has 1 aromatic rings. The second kappa shape index (κ2) is 13.3. The van der Waals surface area contributed by atoms with Crippen LogP contribution >= 0.6 is 0 Å². The summed E-state index contributed by atoms with van der Waals surface area (Å²) in [5.41, 5.74) is 3.05. The number of hydrogen-bond donors (Lipinski definition) is 4. The van der Waals surface area contributed by atoms with Crippen molar-refractivity contribution >= 4 is 29.4 Å². The maximum atomic E-state index is 12.0. The van der Waals surface area contributed by atoms with Crippen LogP contribution in [0.4, 0.5) is 5.69 Å². The molecule has 0 fully saturated rings. The van der Waals surface area contributed by atoms with Crippen LogP contribution in [0.3, 0.4) is 0 Å². The van der Waals surface area contributed by atoms with E-state index < -0.39 is 17.9 Å². The van der Waals surface area contributed by atoms with Crippen LogP contribution in [0, 0.1) is 0 Å². The lowest BCUT2D eigenvalue weighted by Gasteiger charge is -2.15. The van der Waals surface area contributed by atoms with Crippen molar-refractivity contribution in [3.63, 3.8) is 0 Å². The van der Waals surface area contributed by atoms with Crippen LogP contribution in [-0.4, -0.2) is 42.0 Å². The predicted molar refractivity (Wildman–Crippen MR) is 106 cm³/mol. The number of unbranched alkanes of at least 4 members (excludes halogenated alkanes) is 3. The number of rotatable bonds is 12. The van der Waals surface area contributed by atoms with Crippen LogP contribution in [0.1, 0.15) is 51.0 Å². The van der Waals surface area contributed by atoms with Gasteiger partial charge in [0.15, 0.2) is 0 Å². The number of methoxy groups -OCH3 is 1. The van der Waals surface area contributed by atoms with Gasteiger partial charge in [0.2, 0.25) is 17.7 Å². The number of hydroxylamine groups is 1. The third kappa shape index (κ3) is 10.2. The highest BCUT2D eigenvalue weighted by atomic mass is 16.5. The maximum Gasteiger partial charge on any atom is 0.328 e. The lowest BCUT2D eigenvalue weighted by atomic mass is 10.1. The van der Waals surface area contributed by atoms with Crippen LogP contribution in [0.25, 0.3) is 0 Å². The summed E-state index contributed by atoms with van der Waals surface area (Å²) in [6.07, 6.45) is 3.94. The highest BCUT2D eigenvalue weighted by Gasteiger charge is 2.20. The fraction of sp³-hybridized carbons (Fsp3) is 0.500. The van der Waals surface area contributed by atoms with Crippen molar-refractivity contribution < 1.29 is 29.1 Å². The van der Waals surface area contributed by atoms with E-state index in [2.05, 4.69) is 10.6 Å². The SMILES string of the molecule is COC(=O)[C@H](Cc1ccc(NC(=O)CCCCCCC(=O)NO)cc1)NC(C)=O. The Morgan fingerprint density at radius 3 is 2.07 bits per heavy atom. The zero-order valence-electron chi connectivity index (χ0n) is 16.8. The van der Waals surface area contributed by atoms with Crippen molar-refractivity contribution in [1.29, 1.82) is 0 Å². The Bertz CT molecular complexity index is 690. The Morgan fingerprint density at radius 2 is 1.55 bits per heavy atom. The predicted octanol–water partition coefficient (Wildman–Crippen LogP) is 1.69. The molecule has 0 aliphatic carbocycles. The van der Waals surface area contributed by atoms with E-state index in [1.807, 2.05) is 0 Å². The molecule has 0 aliphatic rings. The van der Waals surface area contributed by atoms with Gasteiger partial charge in [-0.25, -0.2) is 10.3 Å². The summed E-state index contributed by atoms with van der Waals surface area (Å²) < 4.78 is 4.70. The Balaban J connectivity index is 2.39. The molecule has 9 heteroatoms. The molecule has 0 radical (unpaired) electrons. The standard InChI is InChI=1S/C20H29N3O6/c1-14(24)21-17(20(27)29-2)13-15-9-11-16(12-10-15)22-18(25)7-5-3-4-6-8-19(26)23-28/h9-12,17,28H,3-8,13H2,1-2H3,(H,21,24)(H,22,25)(H,23,26)/t17-/m0/s1. The fourth-order valence-corrected chi connectivity index (χ4v) is 2.74. The van der Waals surface area contributed by atoms with Crippen molar-refractivity contribution in [2.24, 2.45) is 0 Å². The molecule has 29 heavy (non-hydrogen) atoms. The number of nitrogens with one attached hydrogen (secondary N) is 3. The summed E-state index contributed by atoms with van der Waals surface area (Å²) in [5.74, 6) is -1.34. The van der Waals surface area contributed by atoms with Gasteiger partial charge >= 0.3 is 5.97 Å². The third-order valence-corrected chi connectivity index (χ3v) is 4.22. The van der Waals surface area contributed by atoms with Gasteiger partial charge in [-0.1, -0.05) is 25.0 Å². The maximum absolute atomic E-state index is 12.0. The van der Waals surface area contributed by atoms with Crippen LogP contribution in [0.15, 0.2) is 24.3 Å². The van der Waals surface area contributed by atoms with Gasteiger partial charge in [-0.05, 0) is 30.5 Å². The average molecular weight is 407 g/mol. The van der Waals surface area contributed by atoms with E-state index in [1.165, 1.54) is 14.0 Å². The van der Waals surface area contributed by atoms with Crippen molar-refractivity contribution in [3.8, 4) is 0 Å². The molecule has 0 aliphatic heterocycles. The summed E-state index contributed by atoms with van der Waals surface area (Å²) >= 11 is 0. The molecule has 1 aromatic carbocycles. The molecule has 0 heterocycles. The number of amides is 3. The van der Waals surface area contributed by atoms with Gasteiger partial charge < -0.3 is 15.4 Å². The number of carbonyl (C=O) groups excluding carboxylic acids is 4. The lowest BCUT2D eigenvalue weighted by Crippen LogP contribution is -2.41. The van der Waals surface area contributed by atoms with Crippen LogP contribution < -0.4 is 16.1 Å². The molecule has 0 saturated heterocycles. The Labute approximate surface area is 170 Å². The zero-order valence-corrected chi connectivity index (χ0v) is 16.8. The minimum atomic E-state index is -0.763. The molecule has 1 atom stereocenters. The highest BCUT2D eigenvalue weighted by molar-refractivity contribution is 5.90. The number of benzene rings is 1. The molecule has 1 rings (SSSR count). The first-order valence-corrected chi connectivity index (χ1v) is 9.52. The van der Waals surface area contributed by atoms with Crippen molar-refractivity contribution in [1.82, 2.24) is 10.8 Å². The third-order valence-electron chi connectivity index (χ3n) is 4.22. The van der Waals surface area contributed by atoms with E-state index >= 15 is 0 Å². The first-order valence-electron chi connectivity index (χ1n) is 9.52. The van der Waals surface area contributed by atoms with E-state index in [-0.39, 0.29) is 24.7 Å². The Kier molecular flexibility index (Phi) is 11.0. The molecule has 0 bridgehead atoms. The minimum absolute atomic E-state index is 0.100. The van der Waals surface area contributed by atoms with Crippen molar-refractivity contribution in [2.75, 3.05) is 12.4 Å². The molecular weight excluding hydrogens is 378 g/mol. The first-order chi connectivity index (χ1) is 13.8. The summed E-state index contributed by atoms with van der Waals surface area (Å²) in [6, 6.07) is 6.27. The molecule has 0 spiro atoms. The van der Waals surface area contributed by atoms with E-state index in [1.54, 1.807) is 29.7 Å². The monoisotopic (exact) mass is 407 g/mol. The van der Waals surface area contributed by atoms with E-state index in [0.29, 0.717) is 24.9 Å². The summed E-state index contributed by atoms with van der Waals surface area (Å²) in [5, 5.41) is 13.8. The number of esters is 1. The molecule has 3 amide bonds. The summed E-state index contributed by atoms with van der Waals surface area (Å²) in [7, 11) is 1.27. The van der Waals surface area contributed by atoms with E-state index in [0.717, 1.165) is 18.4 Å². The molecular formula is C20H29N3O6. The zero-order chi connectivity index (χ0) is 21.6. The van der Waals surface area contributed by atoms with Crippen LogP contribution in [0.2, 0.25) is 0 Å². The van der Waals surface area contributed by atoms with Gasteiger partial charge in [-0.3, -0.25) is 19.6 Å². The van der Waals surface area contributed by atoms with Gasteiger partial charge in [0.25, 0.3) is 0 Å². The summed E-state index contributed by atoms with van der Waals surface area (Å²) in [4.78, 5) is 45.9. The molecule has 0 saturated carbocycles. The molecule has 160 valence electrons. The van der Waals surface area contributed by atoms with Crippen molar-refractivity contribution in [3.05, 3.63) is 29.8 Å². The van der Waals surface area contributed by atoms with Gasteiger partial charge in [-0.2, -0.15) is 0 Å². The summed E-state index contributed by atoms with van der Waals surface area (Å²) in [6.45, 7) is 1.33. The Hall–Kier alpha value is -2.94. The van der Waals surface area contributed by atoms with Gasteiger partial charge in [0.1, 0.15) is 6.04 Å². The van der Waals surface area contributed by atoms with Gasteiger partial charge in [-0.15, -0.1) is 0 Å². The quantitative estimate of drug-likeness (QED) is 0.180. The average Bonchev–Trinajstić information content (AvgIpc) is 2.70. The molecule has 0 unspecified atom stereocenters. The van der Waals surface area contributed by atoms with Crippen LogP contribution in [0.5, 0.6) is 0 Å². The van der Waals surface area contributed by atoms with Crippen molar-refractivity contribution in [2.45, 2.75) is 57.9 Å². The van der Waals surface area contributed by atoms with E-state index in [4.69, 9.17) is 9.94 Å². The second-order valence-corrected chi connectivity index (χ2v) is 6.67. The number of ether oxygens (including phenoxy) is 1. The Morgan fingerprint density at radius 1 is 0.966 bits per heavy atom. The van der Waals surface area contributed by atoms with Crippen LogP contribution in [-0.2, 0) is 30.3 Å². The first kappa shape index (κ1) is 24.1. The largest absolute Gasteiger partial charge is 0.467 e. The number of anilines is 1. The minimum Gasteiger partial charge on any atom is -0.467 e. The van der Waals surface area contributed by atoms with Gasteiger partial charge in [0.05, 0.1) is 7.11 Å². The molecule has 4 N–H and O–H groups in total. The number of carbonyl (C=O) groups is 4. The molecule has 0 aromatic heterocycles. The van der Waals surface area contributed by atoms with E-state index in [9.17, 15) is 19.2 Å². The smallest absolute Gasteiger partial charge is 0.328 e. The topological polar surface area (TPSA) is 134 Å². The molecule has 9 nitrogen and oxygen atoms in total. The lowest BCUT2D eigenvalue weighted by molar-refractivity contribution is -0.144. The number of hydrogen-bond acceptors (Lipinski definition) is 6. The van der Waals surface area contributed by atoms with Gasteiger partial charge in [0, 0.05) is 31.9 Å². The second-order valence-electron chi connectivity index (χ2n) is 6.67. The highest BCUT2D eigenvalue weighted by Crippen LogP contribution is 2.13. The fourth-order valence-electron chi connectivity index (χ4n) is 2.74.